The Morgan fingerprint density at radius 2 is 2.14 bits per heavy atom. The zero-order chi connectivity index (χ0) is 15.5. The van der Waals surface area contributed by atoms with Gasteiger partial charge in [-0.05, 0) is 36.5 Å². The highest BCUT2D eigenvalue weighted by atomic mass is 32.2. The Morgan fingerprint density at radius 3 is 2.81 bits per heavy atom. The second kappa shape index (κ2) is 6.85. The molecule has 0 bridgehead atoms. The summed E-state index contributed by atoms with van der Waals surface area (Å²) in [5.41, 5.74) is 0.381. The fraction of sp³-hybridized carbons (Fsp3) is 0.600. The minimum Gasteiger partial charge on any atom is -0.392 e. The van der Waals surface area contributed by atoms with Crippen molar-refractivity contribution in [1.82, 2.24) is 4.72 Å². The van der Waals surface area contributed by atoms with E-state index in [4.69, 9.17) is 5.11 Å². The molecule has 4 nitrogen and oxygen atoms in total. The van der Waals surface area contributed by atoms with Gasteiger partial charge >= 0.3 is 0 Å². The van der Waals surface area contributed by atoms with Crippen molar-refractivity contribution in [2.45, 2.75) is 56.6 Å². The van der Waals surface area contributed by atoms with E-state index in [0.717, 1.165) is 38.2 Å². The maximum Gasteiger partial charge on any atom is 0.243 e. The number of aliphatic hydroxyl groups excluding tert-OH is 1. The molecule has 2 unspecified atom stereocenters. The quantitative estimate of drug-likeness (QED) is 0.877. The van der Waals surface area contributed by atoms with Crippen LogP contribution in [0.1, 0.15) is 44.6 Å². The number of hydrogen-bond donors (Lipinski definition) is 2. The third-order valence-electron chi connectivity index (χ3n) is 4.15. The lowest BCUT2D eigenvalue weighted by molar-refractivity contribution is 0.281. The molecule has 0 radical (unpaired) electrons. The summed E-state index contributed by atoms with van der Waals surface area (Å²) in [6, 6.07) is 3.52. The molecule has 2 N–H and O–H groups in total. The largest absolute Gasteiger partial charge is 0.392 e. The van der Waals surface area contributed by atoms with Gasteiger partial charge in [-0.2, -0.15) is 0 Å². The molecule has 0 aromatic heterocycles. The highest BCUT2D eigenvalue weighted by Gasteiger charge is 2.27. The molecule has 0 aliphatic heterocycles. The van der Waals surface area contributed by atoms with Crippen LogP contribution in [0.2, 0.25) is 0 Å². The molecule has 0 heterocycles. The topological polar surface area (TPSA) is 66.4 Å². The Labute approximate surface area is 125 Å². The van der Waals surface area contributed by atoms with Crippen molar-refractivity contribution in [1.29, 1.82) is 0 Å². The number of rotatable bonds is 5. The van der Waals surface area contributed by atoms with Crippen molar-refractivity contribution in [3.8, 4) is 0 Å². The SMILES string of the molecule is CCC1CCCC(NS(=O)(=O)c2cc(CO)ccc2F)C1. The molecule has 1 aliphatic carbocycles. The van der Waals surface area contributed by atoms with Crippen LogP contribution in [0.15, 0.2) is 23.1 Å². The molecular weight excluding hydrogens is 293 g/mol. The number of nitrogens with one attached hydrogen (secondary N) is 1. The normalized spacial score (nSPS) is 23.2. The van der Waals surface area contributed by atoms with E-state index in [1.165, 1.54) is 12.1 Å². The first-order valence-corrected chi connectivity index (χ1v) is 8.86. The van der Waals surface area contributed by atoms with E-state index in [2.05, 4.69) is 11.6 Å². The molecule has 1 aliphatic rings. The number of hydrogen-bond acceptors (Lipinski definition) is 3. The molecule has 1 saturated carbocycles. The molecule has 0 saturated heterocycles. The lowest BCUT2D eigenvalue weighted by atomic mass is 9.85. The summed E-state index contributed by atoms with van der Waals surface area (Å²) in [4.78, 5) is -0.382. The van der Waals surface area contributed by atoms with E-state index in [1.807, 2.05) is 0 Å². The standard InChI is InChI=1S/C15H22FNO3S/c1-2-11-4-3-5-13(8-11)17-21(19,20)15-9-12(10-18)6-7-14(15)16/h6-7,9,11,13,17-18H,2-5,8,10H2,1H3. The summed E-state index contributed by atoms with van der Waals surface area (Å²) in [6.07, 6.45) is 4.74. The first-order chi connectivity index (χ1) is 9.96. The Morgan fingerprint density at radius 1 is 1.38 bits per heavy atom. The van der Waals surface area contributed by atoms with E-state index in [1.54, 1.807) is 0 Å². The summed E-state index contributed by atoms with van der Waals surface area (Å²) < 4.78 is 41.1. The maximum atomic E-state index is 13.8. The Kier molecular flexibility index (Phi) is 5.35. The summed E-state index contributed by atoms with van der Waals surface area (Å²) in [6.45, 7) is 1.79. The van der Waals surface area contributed by atoms with Gasteiger partial charge in [0.15, 0.2) is 0 Å². The molecule has 1 aromatic rings. The molecule has 2 rings (SSSR count). The van der Waals surface area contributed by atoms with Crippen molar-refractivity contribution in [2.24, 2.45) is 5.92 Å². The second-order valence-electron chi connectivity index (χ2n) is 5.68. The molecule has 21 heavy (non-hydrogen) atoms. The van der Waals surface area contributed by atoms with Crippen molar-refractivity contribution < 1.29 is 17.9 Å². The van der Waals surface area contributed by atoms with Gasteiger partial charge < -0.3 is 5.11 Å². The van der Waals surface area contributed by atoms with Gasteiger partial charge in [0.1, 0.15) is 10.7 Å². The molecule has 118 valence electrons. The smallest absolute Gasteiger partial charge is 0.243 e. The van der Waals surface area contributed by atoms with Gasteiger partial charge in [0.2, 0.25) is 10.0 Å². The van der Waals surface area contributed by atoms with E-state index >= 15 is 0 Å². The molecule has 2 atom stereocenters. The number of halogens is 1. The number of sulfonamides is 1. The molecule has 0 amide bonds. The molecular formula is C15H22FNO3S. The molecule has 1 aromatic carbocycles. The summed E-state index contributed by atoms with van der Waals surface area (Å²) >= 11 is 0. The first-order valence-electron chi connectivity index (χ1n) is 7.38. The molecule has 1 fully saturated rings. The zero-order valence-electron chi connectivity index (χ0n) is 12.2. The Bertz CT molecular complexity index is 589. The van der Waals surface area contributed by atoms with Crippen molar-refractivity contribution >= 4 is 10.0 Å². The van der Waals surface area contributed by atoms with Crippen LogP contribution in [0.25, 0.3) is 0 Å². The van der Waals surface area contributed by atoms with Crippen LogP contribution in [0.3, 0.4) is 0 Å². The minimum absolute atomic E-state index is 0.133. The lowest BCUT2D eigenvalue weighted by Crippen LogP contribution is -2.38. The minimum atomic E-state index is -3.89. The van der Waals surface area contributed by atoms with Crippen LogP contribution in [0, 0.1) is 11.7 Å². The third kappa shape index (κ3) is 4.02. The van der Waals surface area contributed by atoms with Gasteiger partial charge in [-0.25, -0.2) is 17.5 Å². The average Bonchev–Trinajstić information content (AvgIpc) is 2.47. The Balaban J connectivity index is 2.18. The monoisotopic (exact) mass is 315 g/mol. The van der Waals surface area contributed by atoms with E-state index in [9.17, 15) is 12.8 Å². The molecule has 0 spiro atoms. The first kappa shape index (κ1) is 16.4. The van der Waals surface area contributed by atoms with Crippen LogP contribution in [0.4, 0.5) is 4.39 Å². The number of benzene rings is 1. The van der Waals surface area contributed by atoms with Crippen LogP contribution >= 0.6 is 0 Å². The van der Waals surface area contributed by atoms with Crippen LogP contribution in [0.5, 0.6) is 0 Å². The number of aliphatic hydroxyl groups is 1. The van der Waals surface area contributed by atoms with E-state index in [0.29, 0.717) is 11.5 Å². The van der Waals surface area contributed by atoms with Gasteiger partial charge in [0, 0.05) is 6.04 Å². The van der Waals surface area contributed by atoms with Gasteiger partial charge in [0.05, 0.1) is 6.61 Å². The van der Waals surface area contributed by atoms with Crippen molar-refractivity contribution in [2.75, 3.05) is 0 Å². The van der Waals surface area contributed by atoms with Crippen LogP contribution in [-0.2, 0) is 16.6 Å². The fourth-order valence-electron chi connectivity index (χ4n) is 2.90. The van der Waals surface area contributed by atoms with Crippen molar-refractivity contribution in [3.05, 3.63) is 29.6 Å². The van der Waals surface area contributed by atoms with Gasteiger partial charge in [-0.1, -0.05) is 32.3 Å². The van der Waals surface area contributed by atoms with Gasteiger partial charge in [0.25, 0.3) is 0 Å². The predicted octanol–water partition coefficient (Wildman–Crippen LogP) is 2.57. The van der Waals surface area contributed by atoms with Gasteiger partial charge in [-0.15, -0.1) is 0 Å². The van der Waals surface area contributed by atoms with Crippen LogP contribution < -0.4 is 4.72 Å². The summed E-state index contributed by atoms with van der Waals surface area (Å²) in [5, 5.41) is 9.07. The second-order valence-corrected chi connectivity index (χ2v) is 7.36. The third-order valence-corrected chi connectivity index (χ3v) is 5.69. The van der Waals surface area contributed by atoms with E-state index in [-0.39, 0.29) is 17.5 Å². The zero-order valence-corrected chi connectivity index (χ0v) is 13.0. The lowest BCUT2D eigenvalue weighted by Gasteiger charge is -2.28. The summed E-state index contributed by atoms with van der Waals surface area (Å²) in [7, 11) is -3.89. The Hall–Kier alpha value is -0.980. The predicted molar refractivity (Wildman–Crippen MR) is 78.7 cm³/mol. The van der Waals surface area contributed by atoms with E-state index < -0.39 is 15.8 Å². The maximum absolute atomic E-state index is 13.8. The van der Waals surface area contributed by atoms with Gasteiger partial charge in [-0.3, -0.25) is 0 Å². The average molecular weight is 315 g/mol. The highest BCUT2D eigenvalue weighted by Crippen LogP contribution is 2.28. The van der Waals surface area contributed by atoms with Crippen molar-refractivity contribution in [3.63, 3.8) is 0 Å². The van der Waals surface area contributed by atoms with Crippen LogP contribution in [-0.4, -0.2) is 19.6 Å². The highest BCUT2D eigenvalue weighted by molar-refractivity contribution is 7.89. The summed E-state index contributed by atoms with van der Waals surface area (Å²) in [5.74, 6) is -0.261. The fourth-order valence-corrected chi connectivity index (χ4v) is 4.31. The molecule has 6 heteroatoms.